The number of nitriles is 1. The normalized spacial score (nSPS) is 18.4. The van der Waals surface area contributed by atoms with Crippen molar-refractivity contribution in [2.45, 2.75) is 89.8 Å². The third kappa shape index (κ3) is 6.62. The van der Waals surface area contributed by atoms with E-state index >= 15 is 0 Å². The van der Waals surface area contributed by atoms with Crippen LogP contribution >= 0.6 is 0 Å². The first-order valence-electron chi connectivity index (χ1n) is 11.8. The number of amides is 3. The van der Waals surface area contributed by atoms with Crippen LogP contribution < -0.4 is 10.2 Å². The van der Waals surface area contributed by atoms with Crippen LogP contribution in [0, 0.1) is 11.3 Å². The molecule has 0 spiro atoms. The highest BCUT2D eigenvalue weighted by atomic mass is 16.6. The Morgan fingerprint density at radius 1 is 1.09 bits per heavy atom. The molecule has 2 aliphatic rings. The zero-order valence-corrected chi connectivity index (χ0v) is 19.6. The molecule has 0 aromatic heterocycles. The number of hydrogen-bond donors (Lipinski definition) is 1. The molecule has 3 amide bonds. The Morgan fingerprint density at radius 2 is 1.75 bits per heavy atom. The van der Waals surface area contributed by atoms with Gasteiger partial charge in [-0.2, -0.15) is 5.26 Å². The van der Waals surface area contributed by atoms with Crippen LogP contribution in [-0.4, -0.2) is 47.8 Å². The third-order valence-electron chi connectivity index (χ3n) is 6.14. The number of urea groups is 1. The maximum absolute atomic E-state index is 13.5. The SMILES string of the molecule is CC(C)(C)OC(=O)N1CCC(NC(=O)N(c2cccc(C#N)c2)C2CCCCCC2)CC1. The lowest BCUT2D eigenvalue weighted by atomic mass is 10.0. The molecule has 7 nitrogen and oxygen atoms in total. The van der Waals surface area contributed by atoms with Crippen molar-refractivity contribution in [3.8, 4) is 6.07 Å². The number of ether oxygens (including phenoxy) is 1. The first-order valence-corrected chi connectivity index (χ1v) is 11.8. The lowest BCUT2D eigenvalue weighted by molar-refractivity contribution is 0.0201. The van der Waals surface area contributed by atoms with Gasteiger partial charge in [-0.3, -0.25) is 4.90 Å². The van der Waals surface area contributed by atoms with Gasteiger partial charge in [0, 0.05) is 30.9 Å². The highest BCUT2D eigenvalue weighted by molar-refractivity contribution is 5.93. The topological polar surface area (TPSA) is 85.7 Å². The van der Waals surface area contributed by atoms with E-state index in [0.29, 0.717) is 31.5 Å². The van der Waals surface area contributed by atoms with Crippen LogP contribution in [0.5, 0.6) is 0 Å². The lowest BCUT2D eigenvalue weighted by Gasteiger charge is -2.36. The second-order valence-electron chi connectivity index (χ2n) is 9.87. The molecule has 174 valence electrons. The molecule has 32 heavy (non-hydrogen) atoms. The van der Waals surface area contributed by atoms with Gasteiger partial charge in [0.25, 0.3) is 0 Å². The van der Waals surface area contributed by atoms with Crippen LogP contribution in [0.15, 0.2) is 24.3 Å². The quantitative estimate of drug-likeness (QED) is 0.655. The number of anilines is 1. The number of nitrogens with one attached hydrogen (secondary N) is 1. The highest BCUT2D eigenvalue weighted by Crippen LogP contribution is 2.28. The number of nitrogens with zero attached hydrogens (tertiary/aromatic N) is 3. The summed E-state index contributed by atoms with van der Waals surface area (Å²) in [6.07, 6.45) is 7.67. The average Bonchev–Trinajstić information content (AvgIpc) is 3.03. The molecule has 0 radical (unpaired) electrons. The van der Waals surface area contributed by atoms with Crippen LogP contribution in [0.1, 0.15) is 77.7 Å². The fourth-order valence-corrected chi connectivity index (χ4v) is 4.51. The van der Waals surface area contributed by atoms with E-state index in [-0.39, 0.29) is 24.2 Å². The minimum absolute atomic E-state index is 0.00798. The van der Waals surface area contributed by atoms with Gasteiger partial charge >= 0.3 is 12.1 Å². The number of hydrogen-bond acceptors (Lipinski definition) is 4. The molecule has 2 fully saturated rings. The molecule has 0 unspecified atom stereocenters. The van der Waals surface area contributed by atoms with Crippen molar-refractivity contribution in [2.75, 3.05) is 18.0 Å². The first kappa shape index (κ1) is 23.9. The molecule has 1 aromatic carbocycles. The van der Waals surface area contributed by atoms with Gasteiger partial charge in [0.1, 0.15) is 5.60 Å². The number of carbonyl (C=O) groups excluding carboxylic acids is 2. The molecule has 7 heteroatoms. The molecule has 1 heterocycles. The Hall–Kier alpha value is -2.75. The summed E-state index contributed by atoms with van der Waals surface area (Å²) >= 11 is 0. The zero-order valence-electron chi connectivity index (χ0n) is 19.6. The van der Waals surface area contributed by atoms with Crippen molar-refractivity contribution in [1.82, 2.24) is 10.2 Å². The van der Waals surface area contributed by atoms with E-state index < -0.39 is 5.60 Å². The number of carbonyl (C=O) groups is 2. The van der Waals surface area contributed by atoms with Crippen molar-refractivity contribution in [2.24, 2.45) is 0 Å². The number of piperidine rings is 1. The van der Waals surface area contributed by atoms with E-state index in [4.69, 9.17) is 4.74 Å². The standard InChI is InChI=1S/C25H36N4O3/c1-25(2,3)32-24(31)28-15-13-20(14-16-28)27-23(30)29(21-10-6-4-5-7-11-21)22-12-8-9-19(17-22)18-26/h8-9,12,17,20-21H,4-7,10-11,13-16H2,1-3H3,(H,27,30). The van der Waals surface area contributed by atoms with Gasteiger partial charge < -0.3 is 15.0 Å². The van der Waals surface area contributed by atoms with E-state index in [2.05, 4.69) is 11.4 Å². The van der Waals surface area contributed by atoms with Crippen molar-refractivity contribution in [3.05, 3.63) is 29.8 Å². The van der Waals surface area contributed by atoms with Gasteiger partial charge in [-0.15, -0.1) is 0 Å². The van der Waals surface area contributed by atoms with Crippen LogP contribution in [0.2, 0.25) is 0 Å². The minimum Gasteiger partial charge on any atom is -0.444 e. The first-order chi connectivity index (χ1) is 15.3. The number of likely N-dealkylation sites (tertiary alicyclic amines) is 1. The van der Waals surface area contributed by atoms with Crippen molar-refractivity contribution < 1.29 is 14.3 Å². The maximum Gasteiger partial charge on any atom is 0.410 e. The van der Waals surface area contributed by atoms with Crippen LogP contribution in [0.25, 0.3) is 0 Å². The van der Waals surface area contributed by atoms with Crippen molar-refractivity contribution >= 4 is 17.8 Å². The highest BCUT2D eigenvalue weighted by Gasteiger charge is 2.31. The second-order valence-corrected chi connectivity index (χ2v) is 9.87. The Morgan fingerprint density at radius 3 is 2.34 bits per heavy atom. The van der Waals surface area contributed by atoms with Gasteiger partial charge in [-0.25, -0.2) is 9.59 Å². The molecule has 0 atom stereocenters. The Bertz CT molecular complexity index is 826. The van der Waals surface area contributed by atoms with Crippen LogP contribution in [-0.2, 0) is 4.74 Å². The van der Waals surface area contributed by atoms with Crippen LogP contribution in [0.4, 0.5) is 15.3 Å². The predicted molar refractivity (Wildman–Crippen MR) is 124 cm³/mol. The fourth-order valence-electron chi connectivity index (χ4n) is 4.51. The molecule has 0 bridgehead atoms. The van der Waals surface area contributed by atoms with E-state index in [9.17, 15) is 14.9 Å². The molecule has 3 rings (SSSR count). The van der Waals surface area contributed by atoms with E-state index in [0.717, 1.165) is 31.4 Å². The third-order valence-corrected chi connectivity index (χ3v) is 6.14. The molecular weight excluding hydrogens is 404 g/mol. The monoisotopic (exact) mass is 440 g/mol. The zero-order chi connectivity index (χ0) is 23.1. The van der Waals surface area contributed by atoms with Gasteiger partial charge in [0.15, 0.2) is 0 Å². The summed E-state index contributed by atoms with van der Waals surface area (Å²) in [5.41, 5.74) is 0.818. The molecule has 1 N–H and O–H groups in total. The maximum atomic E-state index is 13.5. The Kier molecular flexibility index (Phi) is 8.00. The molecule has 1 saturated carbocycles. The Balaban J connectivity index is 1.66. The van der Waals surface area contributed by atoms with E-state index in [1.807, 2.05) is 37.8 Å². The number of benzene rings is 1. The van der Waals surface area contributed by atoms with Crippen molar-refractivity contribution in [1.29, 1.82) is 5.26 Å². The minimum atomic E-state index is -0.515. The van der Waals surface area contributed by atoms with Gasteiger partial charge in [-0.1, -0.05) is 31.7 Å². The van der Waals surface area contributed by atoms with Gasteiger partial charge in [0.2, 0.25) is 0 Å². The van der Waals surface area contributed by atoms with E-state index in [1.165, 1.54) is 12.8 Å². The van der Waals surface area contributed by atoms with E-state index in [1.54, 1.807) is 17.0 Å². The summed E-state index contributed by atoms with van der Waals surface area (Å²) in [5.74, 6) is 0. The predicted octanol–water partition coefficient (Wildman–Crippen LogP) is 5.20. The molecule has 1 aromatic rings. The lowest BCUT2D eigenvalue weighted by Crippen LogP contribution is -2.53. The smallest absolute Gasteiger partial charge is 0.410 e. The molecule has 1 saturated heterocycles. The molecule has 1 aliphatic carbocycles. The van der Waals surface area contributed by atoms with Gasteiger partial charge in [0.05, 0.1) is 11.6 Å². The summed E-state index contributed by atoms with van der Waals surface area (Å²) in [5, 5.41) is 12.5. The second kappa shape index (κ2) is 10.7. The van der Waals surface area contributed by atoms with Crippen LogP contribution in [0.3, 0.4) is 0 Å². The summed E-state index contributed by atoms with van der Waals surface area (Å²) in [7, 11) is 0. The summed E-state index contributed by atoms with van der Waals surface area (Å²) < 4.78 is 5.47. The average molecular weight is 441 g/mol. The summed E-state index contributed by atoms with van der Waals surface area (Å²) in [6, 6.07) is 9.53. The Labute approximate surface area is 191 Å². The molecule has 1 aliphatic heterocycles. The summed E-state index contributed by atoms with van der Waals surface area (Å²) in [4.78, 5) is 29.4. The van der Waals surface area contributed by atoms with Crippen molar-refractivity contribution in [3.63, 3.8) is 0 Å². The largest absolute Gasteiger partial charge is 0.444 e. The number of rotatable bonds is 3. The van der Waals surface area contributed by atoms with Gasteiger partial charge in [-0.05, 0) is 64.7 Å². The molecular formula is C25H36N4O3. The summed E-state index contributed by atoms with van der Waals surface area (Å²) in [6.45, 7) is 6.71. The fraction of sp³-hybridized carbons (Fsp3) is 0.640.